The van der Waals surface area contributed by atoms with E-state index in [0.717, 1.165) is 0 Å². The Morgan fingerprint density at radius 1 is 1.54 bits per heavy atom. The second-order valence-corrected chi connectivity index (χ2v) is 3.79. The standard InChI is InChI=1S/C8H11F2NO2/c9-8(10)2-1-4-5(8)3-11-6(4)7(12)13/h4-6,11H,1-3H2,(H,12,13)/t4-,5+,6-/m1/s1. The number of nitrogens with one attached hydrogen (secondary N) is 1. The summed E-state index contributed by atoms with van der Waals surface area (Å²) < 4.78 is 26.2. The van der Waals surface area contributed by atoms with Gasteiger partial charge >= 0.3 is 5.97 Å². The third kappa shape index (κ3) is 1.22. The van der Waals surface area contributed by atoms with Crippen LogP contribution in [-0.2, 0) is 4.79 Å². The topological polar surface area (TPSA) is 49.3 Å². The van der Waals surface area contributed by atoms with Crippen LogP contribution in [0.3, 0.4) is 0 Å². The second-order valence-electron chi connectivity index (χ2n) is 3.79. The highest BCUT2D eigenvalue weighted by Gasteiger charge is 2.56. The molecular weight excluding hydrogens is 180 g/mol. The number of aliphatic carboxylic acids is 1. The smallest absolute Gasteiger partial charge is 0.320 e. The van der Waals surface area contributed by atoms with Crippen LogP contribution in [-0.4, -0.2) is 29.6 Å². The highest BCUT2D eigenvalue weighted by atomic mass is 19.3. The SMILES string of the molecule is O=C(O)[C@@H]1NC[C@H]2[C@H]1CCC2(F)F. The Balaban J connectivity index is 2.16. The van der Waals surface area contributed by atoms with Gasteiger partial charge in [-0.05, 0) is 12.3 Å². The lowest BCUT2D eigenvalue weighted by Gasteiger charge is -2.16. The van der Waals surface area contributed by atoms with Crippen molar-refractivity contribution in [1.82, 2.24) is 5.32 Å². The molecule has 1 saturated heterocycles. The average molecular weight is 191 g/mol. The van der Waals surface area contributed by atoms with Crippen LogP contribution in [0.25, 0.3) is 0 Å². The van der Waals surface area contributed by atoms with Crippen molar-refractivity contribution >= 4 is 5.97 Å². The van der Waals surface area contributed by atoms with Gasteiger partial charge in [-0.2, -0.15) is 0 Å². The summed E-state index contributed by atoms with van der Waals surface area (Å²) in [5, 5.41) is 11.4. The molecule has 1 heterocycles. The Morgan fingerprint density at radius 3 is 2.85 bits per heavy atom. The predicted molar refractivity (Wildman–Crippen MR) is 40.6 cm³/mol. The fourth-order valence-electron chi connectivity index (χ4n) is 2.43. The Morgan fingerprint density at radius 2 is 2.23 bits per heavy atom. The molecule has 74 valence electrons. The van der Waals surface area contributed by atoms with Gasteiger partial charge in [-0.15, -0.1) is 0 Å². The minimum Gasteiger partial charge on any atom is -0.480 e. The van der Waals surface area contributed by atoms with Crippen LogP contribution in [0.4, 0.5) is 8.78 Å². The normalized spacial score (nSPS) is 41.8. The monoisotopic (exact) mass is 191 g/mol. The van der Waals surface area contributed by atoms with Crippen molar-refractivity contribution in [3.63, 3.8) is 0 Å². The maximum atomic E-state index is 13.1. The number of hydrogen-bond acceptors (Lipinski definition) is 2. The van der Waals surface area contributed by atoms with Gasteiger partial charge in [0.25, 0.3) is 5.92 Å². The number of alkyl halides is 2. The number of carbonyl (C=O) groups is 1. The van der Waals surface area contributed by atoms with Gasteiger partial charge in [0.1, 0.15) is 6.04 Å². The van der Waals surface area contributed by atoms with E-state index in [9.17, 15) is 13.6 Å². The maximum Gasteiger partial charge on any atom is 0.320 e. The molecule has 0 aromatic heterocycles. The van der Waals surface area contributed by atoms with Crippen molar-refractivity contribution in [3.8, 4) is 0 Å². The molecule has 2 fully saturated rings. The summed E-state index contributed by atoms with van der Waals surface area (Å²) in [5.41, 5.74) is 0. The molecule has 1 aliphatic heterocycles. The van der Waals surface area contributed by atoms with E-state index in [1.54, 1.807) is 0 Å². The van der Waals surface area contributed by atoms with E-state index < -0.39 is 23.9 Å². The molecule has 0 amide bonds. The summed E-state index contributed by atoms with van der Waals surface area (Å²) in [6.45, 7) is 0.134. The lowest BCUT2D eigenvalue weighted by molar-refractivity contribution is -0.140. The number of fused-ring (bicyclic) bond motifs is 1. The molecule has 1 saturated carbocycles. The van der Waals surface area contributed by atoms with E-state index in [2.05, 4.69) is 5.32 Å². The van der Waals surface area contributed by atoms with Crippen LogP contribution in [0.1, 0.15) is 12.8 Å². The van der Waals surface area contributed by atoms with Gasteiger partial charge in [0.05, 0.1) is 0 Å². The van der Waals surface area contributed by atoms with Gasteiger partial charge in [-0.3, -0.25) is 4.79 Å². The van der Waals surface area contributed by atoms with Crippen molar-refractivity contribution < 1.29 is 18.7 Å². The van der Waals surface area contributed by atoms with Gasteiger partial charge < -0.3 is 10.4 Å². The van der Waals surface area contributed by atoms with Gasteiger partial charge in [0, 0.05) is 18.9 Å². The summed E-state index contributed by atoms with van der Waals surface area (Å²) in [7, 11) is 0. The van der Waals surface area contributed by atoms with Gasteiger partial charge in [-0.25, -0.2) is 8.78 Å². The number of halogens is 2. The van der Waals surface area contributed by atoms with E-state index in [-0.39, 0.29) is 18.9 Å². The molecule has 0 unspecified atom stereocenters. The molecule has 2 N–H and O–H groups in total. The predicted octanol–water partition coefficient (Wildman–Crippen LogP) is 0.704. The first-order chi connectivity index (χ1) is 6.02. The fourth-order valence-corrected chi connectivity index (χ4v) is 2.43. The minimum absolute atomic E-state index is 0.134. The molecule has 0 aromatic rings. The minimum atomic E-state index is -2.66. The molecule has 3 atom stereocenters. The first kappa shape index (κ1) is 8.87. The molecule has 0 radical (unpaired) electrons. The summed E-state index contributed by atoms with van der Waals surface area (Å²) in [6.07, 6.45) is 0.162. The van der Waals surface area contributed by atoms with E-state index in [1.165, 1.54) is 0 Å². The molecule has 0 bridgehead atoms. The lowest BCUT2D eigenvalue weighted by atomic mass is 9.93. The Labute approximate surface area is 74.1 Å². The Bertz CT molecular complexity index is 244. The van der Waals surface area contributed by atoms with E-state index in [0.29, 0.717) is 6.42 Å². The van der Waals surface area contributed by atoms with Gasteiger partial charge in [0.15, 0.2) is 0 Å². The van der Waals surface area contributed by atoms with Crippen molar-refractivity contribution in [2.24, 2.45) is 11.8 Å². The van der Waals surface area contributed by atoms with Crippen LogP contribution >= 0.6 is 0 Å². The molecule has 13 heavy (non-hydrogen) atoms. The molecule has 2 rings (SSSR count). The number of carboxylic acids is 1. The first-order valence-electron chi connectivity index (χ1n) is 4.36. The van der Waals surface area contributed by atoms with Crippen molar-refractivity contribution in [2.75, 3.05) is 6.54 Å². The molecule has 0 aromatic carbocycles. The molecule has 3 nitrogen and oxygen atoms in total. The van der Waals surface area contributed by atoms with E-state index in [4.69, 9.17) is 5.11 Å². The van der Waals surface area contributed by atoms with Gasteiger partial charge in [0.2, 0.25) is 0 Å². The number of hydrogen-bond donors (Lipinski definition) is 2. The lowest BCUT2D eigenvalue weighted by Crippen LogP contribution is -2.35. The van der Waals surface area contributed by atoms with Gasteiger partial charge in [-0.1, -0.05) is 0 Å². The first-order valence-corrected chi connectivity index (χ1v) is 4.36. The highest BCUT2D eigenvalue weighted by molar-refractivity contribution is 5.74. The summed E-state index contributed by atoms with van der Waals surface area (Å²) >= 11 is 0. The van der Waals surface area contributed by atoms with Crippen LogP contribution < -0.4 is 5.32 Å². The summed E-state index contributed by atoms with van der Waals surface area (Å²) in [6, 6.07) is -0.765. The fraction of sp³-hybridized carbons (Fsp3) is 0.875. The van der Waals surface area contributed by atoms with Crippen LogP contribution in [0.5, 0.6) is 0 Å². The molecule has 0 spiro atoms. The average Bonchev–Trinajstić information content (AvgIpc) is 2.52. The zero-order chi connectivity index (χ0) is 9.64. The second kappa shape index (κ2) is 2.64. The molecular formula is C8H11F2NO2. The van der Waals surface area contributed by atoms with E-state index >= 15 is 0 Å². The molecule has 1 aliphatic carbocycles. The van der Waals surface area contributed by atoms with Crippen molar-refractivity contribution in [2.45, 2.75) is 24.8 Å². The number of carboxylic acid groups (broad SMARTS) is 1. The Hall–Kier alpha value is -0.710. The quantitative estimate of drug-likeness (QED) is 0.641. The summed E-state index contributed by atoms with van der Waals surface area (Å²) in [4.78, 5) is 10.6. The zero-order valence-corrected chi connectivity index (χ0v) is 6.96. The number of rotatable bonds is 1. The van der Waals surface area contributed by atoms with Crippen LogP contribution in [0, 0.1) is 11.8 Å². The van der Waals surface area contributed by atoms with Crippen LogP contribution in [0.2, 0.25) is 0 Å². The highest BCUT2D eigenvalue weighted by Crippen LogP contribution is 2.47. The third-order valence-electron chi connectivity index (χ3n) is 3.12. The molecule has 2 aliphatic rings. The van der Waals surface area contributed by atoms with E-state index in [1.807, 2.05) is 0 Å². The van der Waals surface area contributed by atoms with Crippen LogP contribution in [0.15, 0.2) is 0 Å². The molecule has 5 heteroatoms. The largest absolute Gasteiger partial charge is 0.480 e. The summed E-state index contributed by atoms with van der Waals surface area (Å²) in [5.74, 6) is -4.83. The third-order valence-corrected chi connectivity index (χ3v) is 3.12. The van der Waals surface area contributed by atoms with Crippen molar-refractivity contribution in [1.29, 1.82) is 0 Å². The van der Waals surface area contributed by atoms with Crippen molar-refractivity contribution in [3.05, 3.63) is 0 Å². The Kier molecular flexibility index (Phi) is 1.80. The maximum absolute atomic E-state index is 13.1. The zero-order valence-electron chi connectivity index (χ0n) is 6.96.